The fourth-order valence-corrected chi connectivity index (χ4v) is 4.16. The zero-order chi connectivity index (χ0) is 22.3. The van der Waals surface area contributed by atoms with Gasteiger partial charge in [0.05, 0.1) is 11.4 Å². The van der Waals surface area contributed by atoms with Crippen molar-refractivity contribution in [3.63, 3.8) is 0 Å². The van der Waals surface area contributed by atoms with Gasteiger partial charge in [0, 0.05) is 12.1 Å². The Kier molecular flexibility index (Phi) is 6.57. The summed E-state index contributed by atoms with van der Waals surface area (Å²) in [6.45, 7) is 2.24. The minimum absolute atomic E-state index is 0.163. The molecular formula is C25H22N4O2S. The molecular weight excluding hydrogens is 420 g/mol. The van der Waals surface area contributed by atoms with Crippen LogP contribution >= 0.6 is 11.3 Å². The molecule has 6 nitrogen and oxygen atoms in total. The molecule has 0 saturated carbocycles. The van der Waals surface area contributed by atoms with Gasteiger partial charge in [-0.15, -0.1) is 0 Å². The van der Waals surface area contributed by atoms with E-state index in [1.54, 1.807) is 17.0 Å². The smallest absolute Gasteiger partial charge is 0.321 e. The Hall–Kier alpha value is -3.97. The minimum Gasteiger partial charge on any atom is -0.334 e. The number of nitrogens with one attached hydrogen (secondary N) is 2. The van der Waals surface area contributed by atoms with Crippen molar-refractivity contribution in [2.45, 2.75) is 13.5 Å². The lowest BCUT2D eigenvalue weighted by Gasteiger charge is -2.21. The van der Waals surface area contributed by atoms with Gasteiger partial charge < -0.3 is 5.32 Å². The van der Waals surface area contributed by atoms with Crippen molar-refractivity contribution in [2.75, 3.05) is 10.2 Å². The second-order valence-electron chi connectivity index (χ2n) is 7.04. The molecule has 0 aliphatic heterocycles. The average Bonchev–Trinajstić information content (AvgIpc) is 3.19. The van der Waals surface area contributed by atoms with Gasteiger partial charge in [0.25, 0.3) is 5.91 Å². The standard InChI is InChI=1S/C25H22N4O2S/c1-18-23(32-25(27-18)28-24(31)26-17-19-11-5-2-6-12-19)29(21-15-9-4-10-16-21)22(30)20-13-7-3-8-14-20/h2-16H,17H2,1H3,(H2,26,27,28,31). The van der Waals surface area contributed by atoms with Crippen LogP contribution in [0.1, 0.15) is 21.6 Å². The molecule has 7 heteroatoms. The van der Waals surface area contributed by atoms with Gasteiger partial charge >= 0.3 is 6.03 Å². The molecule has 4 aromatic rings. The monoisotopic (exact) mass is 442 g/mol. The van der Waals surface area contributed by atoms with E-state index < -0.39 is 0 Å². The Labute approximate surface area is 190 Å². The topological polar surface area (TPSA) is 74.3 Å². The lowest BCUT2D eigenvalue weighted by atomic mass is 10.2. The summed E-state index contributed by atoms with van der Waals surface area (Å²) in [6.07, 6.45) is 0. The largest absolute Gasteiger partial charge is 0.334 e. The van der Waals surface area contributed by atoms with Crippen molar-refractivity contribution in [1.29, 1.82) is 0 Å². The fourth-order valence-electron chi connectivity index (χ4n) is 3.18. The number of urea groups is 1. The van der Waals surface area contributed by atoms with E-state index in [1.165, 1.54) is 11.3 Å². The van der Waals surface area contributed by atoms with Crippen LogP contribution in [0.4, 0.5) is 20.6 Å². The molecule has 3 amide bonds. The van der Waals surface area contributed by atoms with Crippen LogP contribution in [0.2, 0.25) is 0 Å². The van der Waals surface area contributed by atoms with E-state index in [-0.39, 0.29) is 11.9 Å². The van der Waals surface area contributed by atoms with Crippen molar-refractivity contribution in [3.8, 4) is 0 Å². The Bertz CT molecular complexity index is 1190. The highest BCUT2D eigenvalue weighted by Gasteiger charge is 2.24. The van der Waals surface area contributed by atoms with Crippen LogP contribution in [0.5, 0.6) is 0 Å². The van der Waals surface area contributed by atoms with Gasteiger partial charge in [-0.1, -0.05) is 78.1 Å². The van der Waals surface area contributed by atoms with E-state index in [9.17, 15) is 9.59 Å². The Balaban J connectivity index is 1.56. The summed E-state index contributed by atoms with van der Waals surface area (Å²) < 4.78 is 0. The first-order valence-corrected chi connectivity index (χ1v) is 10.9. The van der Waals surface area contributed by atoms with Crippen molar-refractivity contribution in [3.05, 3.63) is 108 Å². The quantitative estimate of drug-likeness (QED) is 0.399. The minimum atomic E-state index is -0.352. The number of carbonyl (C=O) groups excluding carboxylic acids is 2. The summed E-state index contributed by atoms with van der Waals surface area (Å²) in [4.78, 5) is 31.9. The van der Waals surface area contributed by atoms with Crippen molar-refractivity contribution < 1.29 is 9.59 Å². The van der Waals surface area contributed by atoms with E-state index in [1.807, 2.05) is 85.8 Å². The highest BCUT2D eigenvalue weighted by Crippen LogP contribution is 2.37. The van der Waals surface area contributed by atoms with E-state index in [2.05, 4.69) is 15.6 Å². The van der Waals surface area contributed by atoms with Gasteiger partial charge in [-0.25, -0.2) is 9.78 Å². The summed E-state index contributed by atoms with van der Waals surface area (Å²) in [5.74, 6) is -0.163. The van der Waals surface area contributed by atoms with Crippen molar-refractivity contribution in [2.24, 2.45) is 0 Å². The van der Waals surface area contributed by atoms with Gasteiger partial charge in [-0.05, 0) is 36.8 Å². The molecule has 0 aliphatic carbocycles. The van der Waals surface area contributed by atoms with Gasteiger partial charge in [-0.3, -0.25) is 15.0 Å². The molecule has 1 heterocycles. The van der Waals surface area contributed by atoms with Gasteiger partial charge in [-0.2, -0.15) is 0 Å². The van der Waals surface area contributed by atoms with Gasteiger partial charge in [0.15, 0.2) is 5.13 Å². The summed E-state index contributed by atoms with van der Waals surface area (Å²) >= 11 is 1.26. The average molecular weight is 443 g/mol. The molecule has 4 rings (SSSR count). The highest BCUT2D eigenvalue weighted by atomic mass is 32.1. The number of para-hydroxylation sites is 1. The van der Waals surface area contributed by atoms with E-state index in [4.69, 9.17) is 0 Å². The third-order valence-corrected chi connectivity index (χ3v) is 5.79. The van der Waals surface area contributed by atoms with Crippen molar-refractivity contribution in [1.82, 2.24) is 10.3 Å². The maximum Gasteiger partial charge on any atom is 0.321 e. The van der Waals surface area contributed by atoms with Crippen LogP contribution in [0.3, 0.4) is 0 Å². The summed E-state index contributed by atoms with van der Waals surface area (Å²) in [5.41, 5.74) is 2.95. The molecule has 0 spiro atoms. The second-order valence-corrected chi connectivity index (χ2v) is 8.02. The van der Waals surface area contributed by atoms with E-state index >= 15 is 0 Å². The molecule has 0 atom stereocenters. The molecule has 0 saturated heterocycles. The van der Waals surface area contributed by atoms with Crippen LogP contribution in [0, 0.1) is 6.92 Å². The predicted molar refractivity (Wildman–Crippen MR) is 129 cm³/mol. The number of nitrogens with zero attached hydrogens (tertiary/aromatic N) is 2. The Morgan fingerprint density at radius 2 is 1.47 bits per heavy atom. The second kappa shape index (κ2) is 9.89. The number of aromatic nitrogens is 1. The molecule has 0 bridgehead atoms. The zero-order valence-electron chi connectivity index (χ0n) is 17.5. The lowest BCUT2D eigenvalue weighted by molar-refractivity contribution is 0.0999. The molecule has 0 fully saturated rings. The fraction of sp³-hybridized carbons (Fsp3) is 0.0800. The molecule has 160 valence electrons. The number of anilines is 3. The van der Waals surface area contributed by atoms with E-state index in [0.29, 0.717) is 27.9 Å². The predicted octanol–water partition coefficient (Wildman–Crippen LogP) is 5.75. The zero-order valence-corrected chi connectivity index (χ0v) is 18.3. The number of carbonyl (C=O) groups is 2. The van der Waals surface area contributed by atoms with Crippen LogP contribution < -0.4 is 15.5 Å². The molecule has 2 N–H and O–H groups in total. The maximum atomic E-state index is 13.4. The van der Waals surface area contributed by atoms with E-state index in [0.717, 1.165) is 11.3 Å². The number of hydrogen-bond acceptors (Lipinski definition) is 4. The number of thiazole rings is 1. The summed E-state index contributed by atoms with van der Waals surface area (Å²) in [7, 11) is 0. The number of rotatable bonds is 6. The highest BCUT2D eigenvalue weighted by molar-refractivity contribution is 7.20. The molecule has 1 aromatic heterocycles. The molecule has 0 radical (unpaired) electrons. The number of aryl methyl sites for hydroxylation is 1. The first kappa shape index (κ1) is 21.3. The van der Waals surface area contributed by atoms with Gasteiger partial charge in [0.2, 0.25) is 0 Å². The Morgan fingerprint density at radius 3 is 2.12 bits per heavy atom. The number of hydrogen-bond donors (Lipinski definition) is 2. The lowest BCUT2D eigenvalue weighted by Crippen LogP contribution is -2.28. The van der Waals surface area contributed by atoms with Crippen LogP contribution in [0.15, 0.2) is 91.0 Å². The molecule has 3 aromatic carbocycles. The normalized spacial score (nSPS) is 10.4. The number of benzene rings is 3. The van der Waals surface area contributed by atoms with Crippen LogP contribution in [-0.2, 0) is 6.54 Å². The first-order chi connectivity index (χ1) is 15.6. The third-order valence-electron chi connectivity index (χ3n) is 4.73. The summed E-state index contributed by atoms with van der Waals surface area (Å²) in [5, 5.41) is 6.68. The SMILES string of the molecule is Cc1nc(NC(=O)NCc2ccccc2)sc1N(C(=O)c1ccccc1)c1ccccc1. The number of amides is 3. The van der Waals surface area contributed by atoms with Gasteiger partial charge in [0.1, 0.15) is 5.00 Å². The third kappa shape index (κ3) is 5.01. The Morgan fingerprint density at radius 1 is 0.875 bits per heavy atom. The molecule has 32 heavy (non-hydrogen) atoms. The maximum absolute atomic E-state index is 13.4. The molecule has 0 unspecified atom stereocenters. The molecule has 0 aliphatic rings. The van der Waals surface area contributed by atoms with Crippen LogP contribution in [-0.4, -0.2) is 16.9 Å². The summed E-state index contributed by atoms with van der Waals surface area (Å²) in [6, 6.07) is 27.8. The van der Waals surface area contributed by atoms with Crippen LogP contribution in [0.25, 0.3) is 0 Å². The van der Waals surface area contributed by atoms with Crippen molar-refractivity contribution >= 4 is 39.1 Å². The first-order valence-electron chi connectivity index (χ1n) is 10.1.